The number of rotatable bonds is 5. The van der Waals surface area contributed by atoms with Gasteiger partial charge in [0, 0.05) is 32.7 Å². The average molecular weight is 261 g/mol. The Bertz CT molecular complexity index is 557. The highest BCUT2D eigenvalue weighted by Gasteiger charge is 2.19. The van der Waals surface area contributed by atoms with E-state index in [0.29, 0.717) is 5.69 Å². The molecule has 0 unspecified atom stereocenters. The standard InChI is InChI=1S/C13H19N5O/c1-4-5-10(12-14-7-9-17(12)2)15-13(19)11-6-8-18(3)16-11/h6-10H,4-5H2,1-3H3,(H,15,19)/t10-/m0/s1. The van der Waals surface area contributed by atoms with Gasteiger partial charge in [0.1, 0.15) is 11.5 Å². The number of hydrogen-bond donors (Lipinski definition) is 1. The number of nitrogens with zero attached hydrogens (tertiary/aromatic N) is 4. The molecule has 0 spiro atoms. The van der Waals surface area contributed by atoms with Gasteiger partial charge in [-0.25, -0.2) is 4.98 Å². The number of carbonyl (C=O) groups excluding carboxylic acids is 1. The molecule has 1 atom stereocenters. The van der Waals surface area contributed by atoms with Gasteiger partial charge in [0.05, 0.1) is 6.04 Å². The molecule has 19 heavy (non-hydrogen) atoms. The maximum atomic E-state index is 12.1. The molecule has 6 nitrogen and oxygen atoms in total. The van der Waals surface area contributed by atoms with Gasteiger partial charge in [0.15, 0.2) is 0 Å². The van der Waals surface area contributed by atoms with Crippen molar-refractivity contribution in [2.45, 2.75) is 25.8 Å². The Balaban J connectivity index is 2.13. The molecule has 0 saturated heterocycles. The maximum Gasteiger partial charge on any atom is 0.272 e. The first kappa shape index (κ1) is 13.3. The Hall–Kier alpha value is -2.11. The lowest BCUT2D eigenvalue weighted by Gasteiger charge is -2.17. The van der Waals surface area contributed by atoms with Gasteiger partial charge in [-0.3, -0.25) is 9.48 Å². The van der Waals surface area contributed by atoms with Gasteiger partial charge in [-0.1, -0.05) is 13.3 Å². The molecule has 2 rings (SSSR count). The van der Waals surface area contributed by atoms with Crippen LogP contribution in [0, 0.1) is 0 Å². The van der Waals surface area contributed by atoms with E-state index in [1.807, 2.05) is 17.8 Å². The molecule has 102 valence electrons. The maximum absolute atomic E-state index is 12.1. The van der Waals surface area contributed by atoms with Crippen molar-refractivity contribution in [2.24, 2.45) is 14.1 Å². The van der Waals surface area contributed by atoms with E-state index >= 15 is 0 Å². The van der Waals surface area contributed by atoms with Gasteiger partial charge in [-0.2, -0.15) is 5.10 Å². The van der Waals surface area contributed by atoms with E-state index in [2.05, 4.69) is 22.3 Å². The molecule has 6 heteroatoms. The van der Waals surface area contributed by atoms with Crippen LogP contribution in [0.25, 0.3) is 0 Å². The molecule has 0 bridgehead atoms. The summed E-state index contributed by atoms with van der Waals surface area (Å²) >= 11 is 0. The Morgan fingerprint density at radius 2 is 2.21 bits per heavy atom. The third kappa shape index (κ3) is 3.01. The van der Waals surface area contributed by atoms with Crippen LogP contribution in [0.4, 0.5) is 0 Å². The van der Waals surface area contributed by atoms with E-state index in [1.165, 1.54) is 0 Å². The molecule has 1 N–H and O–H groups in total. The van der Waals surface area contributed by atoms with Crippen LogP contribution in [0.2, 0.25) is 0 Å². The number of aromatic nitrogens is 4. The lowest BCUT2D eigenvalue weighted by molar-refractivity contribution is 0.0926. The van der Waals surface area contributed by atoms with Crippen LogP contribution in [0.1, 0.15) is 42.1 Å². The van der Waals surface area contributed by atoms with Gasteiger partial charge in [0.2, 0.25) is 0 Å². The zero-order valence-corrected chi connectivity index (χ0v) is 11.5. The average Bonchev–Trinajstić information content (AvgIpc) is 2.97. The van der Waals surface area contributed by atoms with Crippen molar-refractivity contribution in [3.63, 3.8) is 0 Å². The number of amides is 1. The molecule has 1 amide bonds. The quantitative estimate of drug-likeness (QED) is 0.885. The Kier molecular flexibility index (Phi) is 3.99. The van der Waals surface area contributed by atoms with E-state index in [0.717, 1.165) is 18.7 Å². The minimum Gasteiger partial charge on any atom is -0.341 e. The van der Waals surface area contributed by atoms with Crippen molar-refractivity contribution in [1.29, 1.82) is 0 Å². The fraction of sp³-hybridized carbons (Fsp3) is 0.462. The predicted octanol–water partition coefficient (Wildman–Crippen LogP) is 1.42. The highest BCUT2D eigenvalue weighted by Crippen LogP contribution is 2.16. The van der Waals surface area contributed by atoms with E-state index in [1.54, 1.807) is 30.2 Å². The minimum absolute atomic E-state index is 0.0838. The van der Waals surface area contributed by atoms with Gasteiger partial charge in [-0.05, 0) is 12.5 Å². The highest BCUT2D eigenvalue weighted by molar-refractivity contribution is 5.92. The first-order valence-electron chi connectivity index (χ1n) is 6.39. The van der Waals surface area contributed by atoms with Crippen molar-refractivity contribution in [1.82, 2.24) is 24.6 Å². The summed E-state index contributed by atoms with van der Waals surface area (Å²) in [6.45, 7) is 2.09. The minimum atomic E-state index is -0.165. The zero-order chi connectivity index (χ0) is 13.8. The molecule has 0 aromatic carbocycles. The van der Waals surface area contributed by atoms with Crippen LogP contribution in [0.5, 0.6) is 0 Å². The van der Waals surface area contributed by atoms with Gasteiger partial charge >= 0.3 is 0 Å². The molecular formula is C13H19N5O. The van der Waals surface area contributed by atoms with Crippen molar-refractivity contribution in [2.75, 3.05) is 0 Å². The first-order chi connectivity index (χ1) is 9.11. The van der Waals surface area contributed by atoms with Crippen molar-refractivity contribution >= 4 is 5.91 Å². The fourth-order valence-electron chi connectivity index (χ4n) is 2.04. The number of imidazole rings is 1. The van der Waals surface area contributed by atoms with Gasteiger partial charge < -0.3 is 9.88 Å². The second-order valence-electron chi connectivity index (χ2n) is 4.59. The van der Waals surface area contributed by atoms with E-state index in [9.17, 15) is 4.79 Å². The van der Waals surface area contributed by atoms with E-state index in [-0.39, 0.29) is 11.9 Å². The SMILES string of the molecule is CCC[C@H](NC(=O)c1ccn(C)n1)c1nccn1C. The summed E-state index contributed by atoms with van der Waals surface area (Å²) in [5.74, 6) is 0.702. The zero-order valence-electron chi connectivity index (χ0n) is 11.5. The molecule has 0 aliphatic rings. The molecule has 0 aliphatic carbocycles. The number of carbonyl (C=O) groups is 1. The second-order valence-corrected chi connectivity index (χ2v) is 4.59. The smallest absolute Gasteiger partial charge is 0.272 e. The van der Waals surface area contributed by atoms with Crippen LogP contribution in [-0.2, 0) is 14.1 Å². The molecule has 0 fully saturated rings. The van der Waals surface area contributed by atoms with Gasteiger partial charge in [0.25, 0.3) is 5.91 Å². The topological polar surface area (TPSA) is 64.7 Å². The van der Waals surface area contributed by atoms with Crippen molar-refractivity contribution in [3.05, 3.63) is 36.2 Å². The summed E-state index contributed by atoms with van der Waals surface area (Å²) in [7, 11) is 3.72. The van der Waals surface area contributed by atoms with Crippen LogP contribution >= 0.6 is 0 Å². The van der Waals surface area contributed by atoms with Crippen LogP contribution < -0.4 is 5.32 Å². The lowest BCUT2D eigenvalue weighted by Crippen LogP contribution is -2.30. The molecule has 0 saturated carbocycles. The summed E-state index contributed by atoms with van der Waals surface area (Å²) < 4.78 is 3.55. The van der Waals surface area contributed by atoms with E-state index in [4.69, 9.17) is 0 Å². The van der Waals surface area contributed by atoms with Crippen molar-refractivity contribution < 1.29 is 4.79 Å². The molecule has 2 heterocycles. The third-order valence-electron chi connectivity index (χ3n) is 3.00. The Labute approximate surface area is 112 Å². The van der Waals surface area contributed by atoms with E-state index < -0.39 is 0 Å². The predicted molar refractivity (Wildman–Crippen MR) is 71.5 cm³/mol. The van der Waals surface area contributed by atoms with Crippen LogP contribution in [-0.4, -0.2) is 25.2 Å². The largest absolute Gasteiger partial charge is 0.341 e. The normalized spacial score (nSPS) is 12.4. The number of nitrogens with one attached hydrogen (secondary N) is 1. The summed E-state index contributed by atoms with van der Waals surface area (Å²) in [4.78, 5) is 16.4. The third-order valence-corrected chi connectivity index (χ3v) is 3.00. The van der Waals surface area contributed by atoms with Crippen molar-refractivity contribution in [3.8, 4) is 0 Å². The molecule has 2 aromatic heterocycles. The summed E-state index contributed by atoms with van der Waals surface area (Å²) in [5.41, 5.74) is 0.429. The van der Waals surface area contributed by atoms with Gasteiger partial charge in [-0.15, -0.1) is 0 Å². The molecule has 0 aliphatic heterocycles. The Morgan fingerprint density at radius 3 is 2.74 bits per heavy atom. The second kappa shape index (κ2) is 5.69. The number of aryl methyl sites for hydroxylation is 2. The summed E-state index contributed by atoms with van der Waals surface area (Å²) in [6.07, 6.45) is 7.20. The molecule has 2 aromatic rings. The lowest BCUT2D eigenvalue weighted by atomic mass is 10.1. The summed E-state index contributed by atoms with van der Waals surface area (Å²) in [5, 5.41) is 7.10. The van der Waals surface area contributed by atoms with Crippen LogP contribution in [0.3, 0.4) is 0 Å². The fourth-order valence-corrected chi connectivity index (χ4v) is 2.04. The molecular weight excluding hydrogens is 242 g/mol. The van der Waals surface area contributed by atoms with Crippen LogP contribution in [0.15, 0.2) is 24.7 Å². The monoisotopic (exact) mass is 261 g/mol. The highest BCUT2D eigenvalue weighted by atomic mass is 16.2. The summed E-state index contributed by atoms with van der Waals surface area (Å²) in [6, 6.07) is 1.62. The number of hydrogen-bond acceptors (Lipinski definition) is 3. The Morgan fingerprint density at radius 1 is 1.42 bits per heavy atom. The first-order valence-corrected chi connectivity index (χ1v) is 6.39. The molecule has 0 radical (unpaired) electrons.